The highest BCUT2D eigenvalue weighted by molar-refractivity contribution is 9.10. The second-order valence-electron chi connectivity index (χ2n) is 4.20. The van der Waals surface area contributed by atoms with Crippen LogP contribution in [-0.2, 0) is 0 Å². The number of benzene rings is 1. The molecule has 1 fully saturated rings. The molecule has 1 atom stereocenters. The highest BCUT2D eigenvalue weighted by Crippen LogP contribution is 2.34. The van der Waals surface area contributed by atoms with Crippen LogP contribution in [0.4, 0.5) is 0 Å². The van der Waals surface area contributed by atoms with Crippen LogP contribution in [0.1, 0.15) is 23.2 Å². The summed E-state index contributed by atoms with van der Waals surface area (Å²) in [5, 5.41) is 3.20. The summed E-state index contributed by atoms with van der Waals surface area (Å²) in [6, 6.07) is 3.40. The van der Waals surface area contributed by atoms with E-state index < -0.39 is 0 Å². The number of halogens is 1. The molecule has 1 aromatic carbocycles. The summed E-state index contributed by atoms with van der Waals surface area (Å²) in [6.07, 6.45) is 1.91. The summed E-state index contributed by atoms with van der Waals surface area (Å²) in [7, 11) is 3.14. The van der Waals surface area contributed by atoms with Crippen molar-refractivity contribution in [1.29, 1.82) is 0 Å². The van der Waals surface area contributed by atoms with Crippen molar-refractivity contribution in [3.63, 3.8) is 0 Å². The molecule has 4 nitrogen and oxygen atoms in total. The van der Waals surface area contributed by atoms with E-state index in [9.17, 15) is 4.79 Å². The third-order valence-corrected chi connectivity index (χ3v) is 3.73. The van der Waals surface area contributed by atoms with E-state index in [1.807, 2.05) is 0 Å². The van der Waals surface area contributed by atoms with Gasteiger partial charge in [0.05, 0.1) is 25.8 Å². The van der Waals surface area contributed by atoms with Gasteiger partial charge in [-0.2, -0.15) is 0 Å². The van der Waals surface area contributed by atoms with Gasteiger partial charge in [0.15, 0.2) is 5.78 Å². The molecule has 1 aliphatic heterocycles. The van der Waals surface area contributed by atoms with E-state index in [-0.39, 0.29) is 11.8 Å². The molecular formula is C13H16BrNO3. The summed E-state index contributed by atoms with van der Waals surface area (Å²) < 4.78 is 11.2. The van der Waals surface area contributed by atoms with Crippen LogP contribution >= 0.6 is 15.9 Å². The van der Waals surface area contributed by atoms with Gasteiger partial charge in [0.1, 0.15) is 11.5 Å². The molecule has 1 aliphatic rings. The summed E-state index contributed by atoms with van der Waals surface area (Å²) >= 11 is 3.42. The van der Waals surface area contributed by atoms with E-state index in [0.29, 0.717) is 21.5 Å². The third kappa shape index (κ3) is 2.52. The highest BCUT2D eigenvalue weighted by atomic mass is 79.9. The molecule has 1 heterocycles. The maximum absolute atomic E-state index is 12.4. The lowest BCUT2D eigenvalue weighted by Gasteiger charge is -2.15. The van der Waals surface area contributed by atoms with Crippen molar-refractivity contribution in [2.45, 2.75) is 18.9 Å². The second-order valence-corrected chi connectivity index (χ2v) is 5.05. The number of carbonyl (C=O) groups is 1. The van der Waals surface area contributed by atoms with Crippen molar-refractivity contribution >= 4 is 21.7 Å². The summed E-state index contributed by atoms with van der Waals surface area (Å²) in [5.41, 5.74) is 0.581. The smallest absolute Gasteiger partial charge is 0.184 e. The van der Waals surface area contributed by atoms with Crippen molar-refractivity contribution in [2.75, 3.05) is 20.8 Å². The van der Waals surface area contributed by atoms with E-state index in [0.717, 1.165) is 19.4 Å². The molecule has 0 saturated carbocycles. The van der Waals surface area contributed by atoms with Gasteiger partial charge in [0.2, 0.25) is 0 Å². The Kier molecular flexibility index (Phi) is 4.24. The third-order valence-electron chi connectivity index (χ3n) is 3.11. The predicted octanol–water partition coefficient (Wildman–Crippen LogP) is 2.40. The molecule has 1 aromatic rings. The van der Waals surface area contributed by atoms with Gasteiger partial charge in [-0.15, -0.1) is 0 Å². The molecule has 98 valence electrons. The zero-order valence-corrected chi connectivity index (χ0v) is 12.0. The fourth-order valence-corrected chi connectivity index (χ4v) is 2.77. The van der Waals surface area contributed by atoms with Crippen LogP contribution in [0.5, 0.6) is 11.5 Å². The number of ketones is 1. The average Bonchev–Trinajstić information content (AvgIpc) is 2.90. The minimum Gasteiger partial charge on any atom is -0.497 e. The molecule has 0 spiro atoms. The van der Waals surface area contributed by atoms with Gasteiger partial charge in [0, 0.05) is 10.5 Å². The number of Topliss-reactive ketones (excluding diaryl/α,β-unsaturated/α-hetero) is 1. The van der Waals surface area contributed by atoms with Crippen molar-refractivity contribution in [1.82, 2.24) is 5.32 Å². The first-order valence-corrected chi connectivity index (χ1v) is 6.65. The van der Waals surface area contributed by atoms with Gasteiger partial charge >= 0.3 is 0 Å². The van der Waals surface area contributed by atoms with Crippen LogP contribution in [0, 0.1) is 0 Å². The molecule has 1 N–H and O–H groups in total. The average molecular weight is 314 g/mol. The fourth-order valence-electron chi connectivity index (χ4n) is 2.16. The first-order valence-electron chi connectivity index (χ1n) is 5.86. The van der Waals surface area contributed by atoms with Crippen LogP contribution in [0.15, 0.2) is 16.6 Å². The Balaban J connectivity index is 2.39. The molecule has 1 unspecified atom stereocenters. The first kappa shape index (κ1) is 13.4. The van der Waals surface area contributed by atoms with Crippen molar-refractivity contribution < 1.29 is 14.3 Å². The van der Waals surface area contributed by atoms with Gasteiger partial charge in [-0.3, -0.25) is 4.79 Å². The Morgan fingerprint density at radius 3 is 2.72 bits per heavy atom. The molecule has 1 saturated heterocycles. The van der Waals surface area contributed by atoms with Crippen molar-refractivity contribution in [3.05, 3.63) is 22.2 Å². The molecular weight excluding hydrogens is 298 g/mol. The van der Waals surface area contributed by atoms with Crippen molar-refractivity contribution in [2.24, 2.45) is 0 Å². The van der Waals surface area contributed by atoms with E-state index in [2.05, 4.69) is 21.2 Å². The number of rotatable bonds is 4. The van der Waals surface area contributed by atoms with E-state index in [4.69, 9.17) is 9.47 Å². The molecule has 5 heteroatoms. The topological polar surface area (TPSA) is 47.6 Å². The van der Waals surface area contributed by atoms with Crippen LogP contribution in [-0.4, -0.2) is 32.6 Å². The molecule has 0 aliphatic carbocycles. The minimum atomic E-state index is -0.108. The zero-order chi connectivity index (χ0) is 13.1. The Morgan fingerprint density at radius 1 is 1.39 bits per heavy atom. The second kappa shape index (κ2) is 5.71. The lowest BCUT2D eigenvalue weighted by molar-refractivity contribution is 0.0948. The number of methoxy groups -OCH3 is 2. The van der Waals surface area contributed by atoms with Gasteiger partial charge in [-0.1, -0.05) is 0 Å². The SMILES string of the molecule is COc1cc(Br)c(C(=O)C2CCCN2)c(OC)c1. The van der Waals surface area contributed by atoms with E-state index in [1.165, 1.54) is 0 Å². The molecule has 0 bridgehead atoms. The standard InChI is InChI=1S/C13H16BrNO3/c1-17-8-6-9(14)12(11(7-8)18-2)13(16)10-4-3-5-15-10/h6-7,10,15H,3-5H2,1-2H3. The minimum absolute atomic E-state index is 0.0684. The van der Waals surface area contributed by atoms with Crippen LogP contribution in [0.2, 0.25) is 0 Å². The number of hydrogen-bond donors (Lipinski definition) is 1. The number of ether oxygens (including phenoxy) is 2. The first-order chi connectivity index (χ1) is 8.67. The summed E-state index contributed by atoms with van der Waals surface area (Å²) in [4.78, 5) is 12.4. The van der Waals surface area contributed by atoms with Gasteiger partial charge in [0.25, 0.3) is 0 Å². The Hall–Kier alpha value is -1.07. The number of hydrogen-bond acceptors (Lipinski definition) is 4. The van der Waals surface area contributed by atoms with Crippen LogP contribution in [0.25, 0.3) is 0 Å². The highest BCUT2D eigenvalue weighted by Gasteiger charge is 2.27. The Morgan fingerprint density at radius 2 is 2.17 bits per heavy atom. The molecule has 2 rings (SSSR count). The maximum Gasteiger partial charge on any atom is 0.184 e. The molecule has 18 heavy (non-hydrogen) atoms. The number of carbonyl (C=O) groups excluding carboxylic acids is 1. The monoisotopic (exact) mass is 313 g/mol. The largest absolute Gasteiger partial charge is 0.497 e. The molecule has 0 amide bonds. The van der Waals surface area contributed by atoms with Crippen molar-refractivity contribution in [3.8, 4) is 11.5 Å². The Bertz CT molecular complexity index is 456. The van der Waals surface area contributed by atoms with Crippen LogP contribution < -0.4 is 14.8 Å². The fraction of sp³-hybridized carbons (Fsp3) is 0.462. The molecule has 0 aromatic heterocycles. The summed E-state index contributed by atoms with van der Waals surface area (Å²) in [5.74, 6) is 1.27. The quantitative estimate of drug-likeness (QED) is 0.867. The Labute approximate surface area is 115 Å². The normalized spacial score (nSPS) is 18.7. The van der Waals surface area contributed by atoms with Crippen LogP contribution in [0.3, 0.4) is 0 Å². The number of nitrogens with one attached hydrogen (secondary N) is 1. The van der Waals surface area contributed by atoms with E-state index >= 15 is 0 Å². The molecule has 0 radical (unpaired) electrons. The lowest BCUT2D eigenvalue weighted by atomic mass is 10.0. The lowest BCUT2D eigenvalue weighted by Crippen LogP contribution is -2.31. The summed E-state index contributed by atoms with van der Waals surface area (Å²) in [6.45, 7) is 0.895. The maximum atomic E-state index is 12.4. The van der Waals surface area contributed by atoms with E-state index in [1.54, 1.807) is 26.4 Å². The van der Waals surface area contributed by atoms with Gasteiger partial charge in [-0.05, 0) is 41.4 Å². The van der Waals surface area contributed by atoms with Gasteiger partial charge < -0.3 is 14.8 Å². The van der Waals surface area contributed by atoms with Gasteiger partial charge in [-0.25, -0.2) is 0 Å². The zero-order valence-electron chi connectivity index (χ0n) is 10.5. The predicted molar refractivity (Wildman–Crippen MR) is 72.6 cm³/mol.